The van der Waals surface area contributed by atoms with Crippen LogP contribution in [-0.4, -0.2) is 37.5 Å². The zero-order valence-corrected chi connectivity index (χ0v) is 12.5. The van der Waals surface area contributed by atoms with Crippen LogP contribution in [0.2, 0.25) is 0 Å². The number of nitrogens with one attached hydrogen (secondary N) is 3. The molecule has 19 heavy (non-hydrogen) atoms. The minimum atomic E-state index is -0.469. The monoisotopic (exact) mass is 269 g/mol. The first-order valence-electron chi connectivity index (χ1n) is 7.19. The van der Waals surface area contributed by atoms with Gasteiger partial charge in [-0.3, -0.25) is 9.59 Å². The standard InChI is InChI=1S/C14H27N3O2/c1-9(2)6-16-13(18)11(4)17-14(19)12-5-10(3)7-15-8-12/h9-12,15H,5-8H2,1-4H3,(H,16,18)(H,17,19). The van der Waals surface area contributed by atoms with Gasteiger partial charge in [-0.1, -0.05) is 20.8 Å². The third-order valence-electron chi connectivity index (χ3n) is 3.38. The van der Waals surface area contributed by atoms with Gasteiger partial charge in [0, 0.05) is 13.1 Å². The Kier molecular flexibility index (Phi) is 6.28. The lowest BCUT2D eigenvalue weighted by Gasteiger charge is -2.27. The Morgan fingerprint density at radius 3 is 2.53 bits per heavy atom. The van der Waals surface area contributed by atoms with Crippen LogP contribution in [0.3, 0.4) is 0 Å². The van der Waals surface area contributed by atoms with Crippen molar-refractivity contribution in [3.05, 3.63) is 0 Å². The molecule has 5 heteroatoms. The Morgan fingerprint density at radius 1 is 1.26 bits per heavy atom. The maximum absolute atomic E-state index is 12.1. The van der Waals surface area contributed by atoms with Crippen LogP contribution in [0.1, 0.15) is 34.1 Å². The molecule has 0 aromatic heterocycles. The van der Waals surface area contributed by atoms with E-state index < -0.39 is 6.04 Å². The molecule has 0 bridgehead atoms. The van der Waals surface area contributed by atoms with E-state index >= 15 is 0 Å². The highest BCUT2D eigenvalue weighted by atomic mass is 16.2. The first kappa shape index (κ1) is 16.0. The Hall–Kier alpha value is -1.10. The van der Waals surface area contributed by atoms with Gasteiger partial charge < -0.3 is 16.0 Å². The minimum absolute atomic E-state index is 0.0220. The van der Waals surface area contributed by atoms with E-state index in [0.29, 0.717) is 24.9 Å². The van der Waals surface area contributed by atoms with Crippen molar-refractivity contribution in [2.75, 3.05) is 19.6 Å². The van der Waals surface area contributed by atoms with Crippen molar-refractivity contribution in [1.82, 2.24) is 16.0 Å². The molecule has 1 rings (SSSR count). The van der Waals surface area contributed by atoms with Gasteiger partial charge in [-0.25, -0.2) is 0 Å². The SMILES string of the molecule is CC(C)CNC(=O)C(C)NC(=O)C1CNCC(C)C1. The van der Waals surface area contributed by atoms with Crippen LogP contribution in [0.25, 0.3) is 0 Å². The number of hydrogen-bond donors (Lipinski definition) is 3. The number of rotatable bonds is 5. The van der Waals surface area contributed by atoms with Gasteiger partial charge in [0.1, 0.15) is 6.04 Å². The maximum Gasteiger partial charge on any atom is 0.242 e. The van der Waals surface area contributed by atoms with Crippen molar-refractivity contribution in [3.63, 3.8) is 0 Å². The molecule has 1 heterocycles. The molecule has 0 aromatic carbocycles. The lowest BCUT2D eigenvalue weighted by molar-refractivity contribution is -0.131. The lowest BCUT2D eigenvalue weighted by atomic mass is 9.91. The maximum atomic E-state index is 12.1. The van der Waals surface area contributed by atoms with Crippen molar-refractivity contribution in [2.24, 2.45) is 17.8 Å². The van der Waals surface area contributed by atoms with Crippen molar-refractivity contribution >= 4 is 11.8 Å². The van der Waals surface area contributed by atoms with Crippen LogP contribution in [-0.2, 0) is 9.59 Å². The summed E-state index contributed by atoms with van der Waals surface area (Å²) in [5.41, 5.74) is 0. The fraction of sp³-hybridized carbons (Fsp3) is 0.857. The van der Waals surface area contributed by atoms with Crippen LogP contribution >= 0.6 is 0 Å². The Balaban J connectivity index is 2.36. The minimum Gasteiger partial charge on any atom is -0.354 e. The van der Waals surface area contributed by atoms with E-state index in [2.05, 4.69) is 22.9 Å². The van der Waals surface area contributed by atoms with E-state index in [-0.39, 0.29) is 17.7 Å². The summed E-state index contributed by atoms with van der Waals surface area (Å²) in [6, 6.07) is -0.469. The van der Waals surface area contributed by atoms with Gasteiger partial charge in [-0.2, -0.15) is 0 Å². The number of hydrogen-bond acceptors (Lipinski definition) is 3. The highest BCUT2D eigenvalue weighted by Crippen LogP contribution is 2.15. The average Bonchev–Trinajstić information content (AvgIpc) is 2.35. The largest absolute Gasteiger partial charge is 0.354 e. The van der Waals surface area contributed by atoms with Gasteiger partial charge in [0.05, 0.1) is 5.92 Å². The number of carbonyl (C=O) groups excluding carboxylic acids is 2. The molecular weight excluding hydrogens is 242 g/mol. The Labute approximate surface area is 115 Å². The van der Waals surface area contributed by atoms with Gasteiger partial charge in [-0.15, -0.1) is 0 Å². The first-order valence-corrected chi connectivity index (χ1v) is 7.19. The average molecular weight is 269 g/mol. The number of piperidine rings is 1. The summed E-state index contributed by atoms with van der Waals surface area (Å²) in [7, 11) is 0. The zero-order chi connectivity index (χ0) is 14.4. The zero-order valence-electron chi connectivity index (χ0n) is 12.5. The summed E-state index contributed by atoms with van der Waals surface area (Å²) in [6.07, 6.45) is 0.888. The van der Waals surface area contributed by atoms with Crippen LogP contribution in [0.4, 0.5) is 0 Å². The second kappa shape index (κ2) is 7.48. The molecule has 3 atom stereocenters. The molecule has 0 aliphatic carbocycles. The molecule has 5 nitrogen and oxygen atoms in total. The number of carbonyl (C=O) groups is 2. The van der Waals surface area contributed by atoms with Gasteiger partial charge in [0.25, 0.3) is 0 Å². The predicted octanol–water partition coefficient (Wildman–Crippen LogP) is 0.509. The third kappa shape index (κ3) is 5.59. The lowest BCUT2D eigenvalue weighted by Crippen LogP contribution is -2.50. The van der Waals surface area contributed by atoms with E-state index in [9.17, 15) is 9.59 Å². The molecule has 1 aliphatic rings. The quantitative estimate of drug-likeness (QED) is 0.681. The molecule has 0 spiro atoms. The highest BCUT2D eigenvalue weighted by molar-refractivity contribution is 5.88. The number of amides is 2. The van der Waals surface area contributed by atoms with Crippen molar-refractivity contribution in [1.29, 1.82) is 0 Å². The van der Waals surface area contributed by atoms with E-state index in [1.807, 2.05) is 13.8 Å². The molecule has 1 saturated heterocycles. The highest BCUT2D eigenvalue weighted by Gasteiger charge is 2.26. The van der Waals surface area contributed by atoms with E-state index in [1.54, 1.807) is 6.92 Å². The summed E-state index contributed by atoms with van der Waals surface area (Å²) < 4.78 is 0. The van der Waals surface area contributed by atoms with Crippen molar-refractivity contribution < 1.29 is 9.59 Å². The molecule has 110 valence electrons. The van der Waals surface area contributed by atoms with Gasteiger partial charge in [-0.05, 0) is 31.7 Å². The van der Waals surface area contributed by atoms with Crippen LogP contribution in [0.5, 0.6) is 0 Å². The van der Waals surface area contributed by atoms with E-state index in [4.69, 9.17) is 0 Å². The third-order valence-corrected chi connectivity index (χ3v) is 3.38. The topological polar surface area (TPSA) is 70.2 Å². The fourth-order valence-corrected chi connectivity index (χ4v) is 2.21. The van der Waals surface area contributed by atoms with E-state index in [1.165, 1.54) is 0 Å². The van der Waals surface area contributed by atoms with Crippen molar-refractivity contribution in [2.45, 2.75) is 40.2 Å². The first-order chi connectivity index (χ1) is 8.90. The van der Waals surface area contributed by atoms with Crippen LogP contribution < -0.4 is 16.0 Å². The molecular formula is C14H27N3O2. The molecule has 1 fully saturated rings. The summed E-state index contributed by atoms with van der Waals surface area (Å²) in [4.78, 5) is 23.9. The smallest absolute Gasteiger partial charge is 0.242 e. The van der Waals surface area contributed by atoms with Crippen LogP contribution in [0, 0.1) is 17.8 Å². The van der Waals surface area contributed by atoms with E-state index in [0.717, 1.165) is 13.0 Å². The molecule has 1 aliphatic heterocycles. The van der Waals surface area contributed by atoms with Crippen molar-refractivity contribution in [3.8, 4) is 0 Å². The summed E-state index contributed by atoms with van der Waals surface area (Å²) in [6.45, 7) is 10.3. The summed E-state index contributed by atoms with van der Waals surface area (Å²) in [5.74, 6) is 0.763. The normalized spacial score (nSPS) is 24.9. The Morgan fingerprint density at radius 2 is 1.95 bits per heavy atom. The predicted molar refractivity (Wildman–Crippen MR) is 75.6 cm³/mol. The second-order valence-electron chi connectivity index (χ2n) is 6.07. The molecule has 2 amide bonds. The Bertz CT molecular complexity index is 318. The van der Waals surface area contributed by atoms with Gasteiger partial charge >= 0.3 is 0 Å². The molecule has 0 aromatic rings. The molecule has 3 unspecified atom stereocenters. The van der Waals surface area contributed by atoms with Gasteiger partial charge in [0.2, 0.25) is 11.8 Å². The molecule has 0 saturated carbocycles. The summed E-state index contributed by atoms with van der Waals surface area (Å²) >= 11 is 0. The van der Waals surface area contributed by atoms with Gasteiger partial charge in [0.15, 0.2) is 0 Å². The summed E-state index contributed by atoms with van der Waals surface area (Å²) in [5, 5.41) is 8.88. The van der Waals surface area contributed by atoms with Crippen LogP contribution in [0.15, 0.2) is 0 Å². The molecule has 3 N–H and O–H groups in total. The molecule has 0 radical (unpaired) electrons. The second-order valence-corrected chi connectivity index (χ2v) is 6.07. The fourth-order valence-electron chi connectivity index (χ4n) is 2.21.